The van der Waals surface area contributed by atoms with Gasteiger partial charge in [0.2, 0.25) is 5.75 Å². The molecule has 0 radical (unpaired) electrons. The van der Waals surface area contributed by atoms with Crippen molar-refractivity contribution >= 4 is 29.0 Å². The molecule has 2 aromatic heterocycles. The molecular formula is C21H16ClFN6O4. The van der Waals surface area contributed by atoms with Gasteiger partial charge in [0.25, 0.3) is 5.91 Å². The van der Waals surface area contributed by atoms with Crippen LogP contribution in [-0.4, -0.2) is 30.4 Å². The van der Waals surface area contributed by atoms with Crippen LogP contribution < -0.4 is 10.1 Å². The molecule has 0 unspecified atom stereocenters. The van der Waals surface area contributed by atoms with Gasteiger partial charge in [0.05, 0.1) is 11.5 Å². The van der Waals surface area contributed by atoms with E-state index < -0.39 is 16.6 Å². The Bertz CT molecular complexity index is 1320. The van der Waals surface area contributed by atoms with Gasteiger partial charge in [0.1, 0.15) is 5.82 Å². The zero-order valence-electron chi connectivity index (χ0n) is 16.9. The zero-order chi connectivity index (χ0) is 23.4. The average molecular weight is 471 g/mol. The van der Waals surface area contributed by atoms with Gasteiger partial charge in [0.15, 0.2) is 18.2 Å². The van der Waals surface area contributed by atoms with E-state index in [9.17, 15) is 19.3 Å². The van der Waals surface area contributed by atoms with E-state index in [1.807, 2.05) is 18.2 Å². The number of carbonyl (C=O) groups is 1. The predicted molar refractivity (Wildman–Crippen MR) is 117 cm³/mol. The second-order valence-corrected chi connectivity index (χ2v) is 7.30. The fraction of sp³-hybridized carbons (Fsp3) is 0.0952. The summed E-state index contributed by atoms with van der Waals surface area (Å²) in [5.74, 6) is -1.08. The summed E-state index contributed by atoms with van der Waals surface area (Å²) in [6.07, 6.45) is 3.17. The van der Waals surface area contributed by atoms with Crippen molar-refractivity contribution in [2.45, 2.75) is 13.3 Å². The van der Waals surface area contributed by atoms with Crippen molar-refractivity contribution in [3.8, 4) is 5.75 Å². The molecule has 12 heteroatoms. The van der Waals surface area contributed by atoms with Crippen molar-refractivity contribution in [1.82, 2.24) is 19.6 Å². The van der Waals surface area contributed by atoms with Crippen LogP contribution in [0.4, 0.5) is 15.9 Å². The molecule has 33 heavy (non-hydrogen) atoms. The van der Waals surface area contributed by atoms with E-state index in [-0.39, 0.29) is 23.9 Å². The number of aromatic nitrogens is 4. The molecule has 0 saturated carbocycles. The van der Waals surface area contributed by atoms with Crippen LogP contribution in [0.1, 0.15) is 16.1 Å². The van der Waals surface area contributed by atoms with Crippen molar-refractivity contribution in [2.24, 2.45) is 0 Å². The lowest BCUT2D eigenvalue weighted by atomic mass is 10.2. The molecule has 2 heterocycles. The van der Waals surface area contributed by atoms with E-state index in [0.717, 1.165) is 23.8 Å². The van der Waals surface area contributed by atoms with Crippen LogP contribution >= 0.6 is 11.6 Å². The van der Waals surface area contributed by atoms with Crippen molar-refractivity contribution in [3.05, 3.63) is 99.2 Å². The summed E-state index contributed by atoms with van der Waals surface area (Å²) in [4.78, 5) is 22.8. The highest BCUT2D eigenvalue weighted by Gasteiger charge is 2.17. The molecule has 1 amide bonds. The molecular weight excluding hydrogens is 455 g/mol. The minimum absolute atomic E-state index is 0.0803. The lowest BCUT2D eigenvalue weighted by Gasteiger charge is -2.07. The molecule has 0 saturated heterocycles. The van der Waals surface area contributed by atoms with Crippen LogP contribution in [0.2, 0.25) is 5.02 Å². The minimum Gasteiger partial charge on any atom is -0.464 e. The molecule has 0 aliphatic rings. The third-order valence-corrected chi connectivity index (χ3v) is 4.70. The Morgan fingerprint density at radius 3 is 2.73 bits per heavy atom. The second-order valence-electron chi connectivity index (χ2n) is 6.87. The van der Waals surface area contributed by atoms with Crippen molar-refractivity contribution < 1.29 is 18.8 Å². The maximum Gasteiger partial charge on any atom is 0.311 e. The van der Waals surface area contributed by atoms with E-state index in [1.165, 1.54) is 16.9 Å². The Morgan fingerprint density at radius 1 is 1.12 bits per heavy atom. The highest BCUT2D eigenvalue weighted by molar-refractivity contribution is 6.30. The van der Waals surface area contributed by atoms with Crippen LogP contribution in [-0.2, 0) is 13.3 Å². The molecule has 0 fully saturated rings. The smallest absolute Gasteiger partial charge is 0.311 e. The minimum atomic E-state index is -0.678. The number of hydrogen-bond acceptors (Lipinski definition) is 6. The Hall–Kier alpha value is -4.25. The van der Waals surface area contributed by atoms with E-state index in [0.29, 0.717) is 17.4 Å². The first-order chi connectivity index (χ1) is 15.9. The third kappa shape index (κ3) is 5.52. The average Bonchev–Trinajstić information content (AvgIpc) is 3.42. The Balaban J connectivity index is 1.36. The molecule has 0 aliphatic heterocycles. The highest BCUT2D eigenvalue weighted by Crippen LogP contribution is 2.27. The molecule has 0 atom stereocenters. The zero-order valence-corrected chi connectivity index (χ0v) is 17.6. The van der Waals surface area contributed by atoms with E-state index in [2.05, 4.69) is 15.5 Å². The largest absolute Gasteiger partial charge is 0.464 e. The first-order valence-electron chi connectivity index (χ1n) is 9.57. The van der Waals surface area contributed by atoms with Crippen molar-refractivity contribution in [3.63, 3.8) is 0 Å². The monoisotopic (exact) mass is 470 g/mol. The summed E-state index contributed by atoms with van der Waals surface area (Å²) in [5, 5.41) is 22.7. The first kappa shape index (κ1) is 22.0. The number of nitrogens with one attached hydrogen (secondary N) is 1. The fourth-order valence-corrected chi connectivity index (χ4v) is 3.18. The quantitative estimate of drug-likeness (QED) is 0.306. The number of nitrogens with zero attached hydrogens (tertiary/aromatic N) is 5. The Morgan fingerprint density at radius 2 is 1.94 bits per heavy atom. The van der Waals surface area contributed by atoms with Crippen LogP contribution in [0.3, 0.4) is 0 Å². The SMILES string of the molecule is O=C(Nc1ccn(Cc2cccc(Cl)c2)n1)c1ccn(COc2cc(F)ccc2[N+](=O)[O-])n1. The lowest BCUT2D eigenvalue weighted by Crippen LogP contribution is -2.15. The number of anilines is 1. The van der Waals surface area contributed by atoms with Gasteiger partial charge in [-0.15, -0.1) is 0 Å². The maximum absolute atomic E-state index is 13.4. The third-order valence-electron chi connectivity index (χ3n) is 4.46. The van der Waals surface area contributed by atoms with E-state index in [4.69, 9.17) is 16.3 Å². The number of carbonyl (C=O) groups excluding carboxylic acids is 1. The molecule has 1 N–H and O–H groups in total. The fourth-order valence-electron chi connectivity index (χ4n) is 2.96. The Kier molecular flexibility index (Phi) is 6.31. The summed E-state index contributed by atoms with van der Waals surface area (Å²) in [7, 11) is 0. The Labute approximate surface area is 191 Å². The molecule has 0 aliphatic carbocycles. The van der Waals surface area contributed by atoms with Gasteiger partial charge in [0, 0.05) is 35.6 Å². The van der Waals surface area contributed by atoms with Crippen LogP contribution in [0.25, 0.3) is 0 Å². The predicted octanol–water partition coefficient (Wildman–Crippen LogP) is 4.12. The molecule has 4 aromatic rings. The number of halogens is 2. The molecule has 0 bridgehead atoms. The summed E-state index contributed by atoms with van der Waals surface area (Å²) in [5.41, 5.74) is 0.660. The van der Waals surface area contributed by atoms with E-state index >= 15 is 0 Å². The van der Waals surface area contributed by atoms with Crippen LogP contribution in [0, 0.1) is 15.9 Å². The number of nitro groups is 1. The van der Waals surface area contributed by atoms with Gasteiger partial charge in [-0.2, -0.15) is 10.2 Å². The van der Waals surface area contributed by atoms with Crippen molar-refractivity contribution in [1.29, 1.82) is 0 Å². The summed E-state index contributed by atoms with van der Waals surface area (Å²) in [6, 6.07) is 13.4. The van der Waals surface area contributed by atoms with Crippen LogP contribution in [0.15, 0.2) is 67.0 Å². The summed E-state index contributed by atoms with van der Waals surface area (Å²) < 4.78 is 21.6. The second kappa shape index (κ2) is 9.49. The standard InChI is InChI=1S/C21H16ClFN6O4/c22-15-3-1-2-14(10-15)12-27-9-7-20(26-27)24-21(30)17-6-8-28(25-17)13-33-19-11-16(23)4-5-18(19)29(31)32/h1-11H,12-13H2,(H,24,26,30). The van der Waals surface area contributed by atoms with Gasteiger partial charge in [-0.1, -0.05) is 23.7 Å². The molecule has 0 spiro atoms. The summed E-state index contributed by atoms with van der Waals surface area (Å²) in [6.45, 7) is 0.223. The normalized spacial score (nSPS) is 10.7. The van der Waals surface area contributed by atoms with Crippen LogP contribution in [0.5, 0.6) is 5.75 Å². The lowest BCUT2D eigenvalue weighted by molar-refractivity contribution is -0.386. The molecule has 168 valence electrons. The summed E-state index contributed by atoms with van der Waals surface area (Å²) >= 11 is 5.99. The van der Waals surface area contributed by atoms with Crippen molar-refractivity contribution in [2.75, 3.05) is 5.32 Å². The van der Waals surface area contributed by atoms with Gasteiger partial charge in [-0.25, -0.2) is 9.07 Å². The topological polar surface area (TPSA) is 117 Å². The molecule has 4 rings (SSSR count). The molecule has 2 aromatic carbocycles. The van der Waals surface area contributed by atoms with Gasteiger partial charge in [-0.3, -0.25) is 19.6 Å². The highest BCUT2D eigenvalue weighted by atomic mass is 35.5. The van der Waals surface area contributed by atoms with Gasteiger partial charge < -0.3 is 10.1 Å². The molecule has 10 nitrogen and oxygen atoms in total. The van der Waals surface area contributed by atoms with Gasteiger partial charge >= 0.3 is 5.69 Å². The number of hydrogen-bond donors (Lipinski definition) is 1. The number of amides is 1. The number of ether oxygens (including phenoxy) is 1. The number of nitro benzene ring substituents is 1. The van der Waals surface area contributed by atoms with Gasteiger partial charge in [-0.05, 0) is 29.8 Å². The first-order valence-corrected chi connectivity index (χ1v) is 9.94. The number of rotatable bonds is 8. The maximum atomic E-state index is 13.4. The number of benzene rings is 2. The van der Waals surface area contributed by atoms with E-state index in [1.54, 1.807) is 23.0 Å².